The molecule has 0 aliphatic rings. The number of carbonyl (C=O) groups is 1. The van der Waals surface area contributed by atoms with Crippen molar-refractivity contribution in [3.05, 3.63) is 0 Å². The molecule has 0 spiro atoms. The quantitative estimate of drug-likeness (QED) is 0.607. The lowest BCUT2D eigenvalue weighted by molar-refractivity contribution is -0.156. The van der Waals surface area contributed by atoms with Crippen LogP contribution in [0.3, 0.4) is 0 Å². The Hall–Kier alpha value is -0.640. The lowest BCUT2D eigenvalue weighted by Gasteiger charge is -2.20. The zero-order valence-electron chi connectivity index (χ0n) is 7.06. The van der Waals surface area contributed by atoms with Crippen LogP contribution in [0.4, 0.5) is 4.39 Å². The minimum atomic E-state index is -1.14. The molecule has 3 nitrogen and oxygen atoms in total. The molecular weight excluding hydrogens is 149 g/mol. The summed E-state index contributed by atoms with van der Waals surface area (Å²) in [7, 11) is 0. The second-order valence-corrected chi connectivity index (χ2v) is 3.29. The van der Waals surface area contributed by atoms with Crippen molar-refractivity contribution in [3.8, 4) is 0 Å². The normalized spacial score (nSPS) is 14.3. The molecule has 66 valence electrons. The number of ether oxygens (including phenoxy) is 1. The van der Waals surface area contributed by atoms with Crippen LogP contribution in [-0.4, -0.2) is 24.3 Å². The Morgan fingerprint density at radius 1 is 1.64 bits per heavy atom. The van der Waals surface area contributed by atoms with Gasteiger partial charge in [-0.25, -0.2) is 4.39 Å². The van der Waals surface area contributed by atoms with Crippen molar-refractivity contribution >= 4 is 5.97 Å². The Morgan fingerprint density at radius 3 is 2.36 bits per heavy atom. The van der Waals surface area contributed by atoms with Crippen molar-refractivity contribution in [2.45, 2.75) is 32.4 Å². The lowest BCUT2D eigenvalue weighted by atomic mass is 10.2. The van der Waals surface area contributed by atoms with Gasteiger partial charge in [-0.3, -0.25) is 4.79 Å². The number of esters is 1. The molecule has 0 saturated heterocycles. The van der Waals surface area contributed by atoms with Crippen LogP contribution >= 0.6 is 0 Å². The van der Waals surface area contributed by atoms with Gasteiger partial charge in [0.25, 0.3) is 0 Å². The Morgan fingerprint density at radius 2 is 2.09 bits per heavy atom. The molecule has 0 radical (unpaired) electrons. The maximum Gasteiger partial charge on any atom is 0.326 e. The predicted octanol–water partition coefficient (Wildman–Crippen LogP) is 0.625. The van der Waals surface area contributed by atoms with Gasteiger partial charge < -0.3 is 10.5 Å². The summed E-state index contributed by atoms with van der Waals surface area (Å²) in [4.78, 5) is 10.8. The number of halogens is 1. The average molecular weight is 163 g/mol. The molecule has 4 heteroatoms. The van der Waals surface area contributed by atoms with E-state index in [9.17, 15) is 9.18 Å². The first-order valence-corrected chi connectivity index (χ1v) is 3.41. The predicted molar refractivity (Wildman–Crippen MR) is 39.8 cm³/mol. The van der Waals surface area contributed by atoms with Crippen LogP contribution in [-0.2, 0) is 9.53 Å². The maximum absolute atomic E-state index is 11.8. The first-order chi connectivity index (χ1) is 4.87. The van der Waals surface area contributed by atoms with Crippen molar-refractivity contribution in [2.24, 2.45) is 5.73 Å². The summed E-state index contributed by atoms with van der Waals surface area (Å²) in [5.41, 5.74) is 4.48. The van der Waals surface area contributed by atoms with E-state index in [1.165, 1.54) is 0 Å². The fraction of sp³-hybridized carbons (Fsp3) is 0.857. The third kappa shape index (κ3) is 4.72. The van der Waals surface area contributed by atoms with Crippen molar-refractivity contribution in [2.75, 3.05) is 6.67 Å². The van der Waals surface area contributed by atoms with Gasteiger partial charge in [-0.1, -0.05) is 0 Å². The van der Waals surface area contributed by atoms with Crippen LogP contribution in [0, 0.1) is 0 Å². The average Bonchev–Trinajstić information content (AvgIpc) is 1.82. The van der Waals surface area contributed by atoms with Crippen molar-refractivity contribution < 1.29 is 13.9 Å². The van der Waals surface area contributed by atoms with Gasteiger partial charge in [0.15, 0.2) is 0 Å². The van der Waals surface area contributed by atoms with E-state index in [0.717, 1.165) is 0 Å². The summed E-state index contributed by atoms with van der Waals surface area (Å²) in [6, 6.07) is -1.14. The van der Waals surface area contributed by atoms with Crippen LogP contribution in [0.15, 0.2) is 0 Å². The van der Waals surface area contributed by atoms with Crippen molar-refractivity contribution in [1.82, 2.24) is 0 Å². The second kappa shape index (κ2) is 3.67. The van der Waals surface area contributed by atoms with E-state index in [1.807, 2.05) is 0 Å². The Bertz CT molecular complexity index is 142. The zero-order chi connectivity index (χ0) is 9.07. The first-order valence-electron chi connectivity index (χ1n) is 3.41. The molecule has 2 N–H and O–H groups in total. The van der Waals surface area contributed by atoms with E-state index >= 15 is 0 Å². The van der Waals surface area contributed by atoms with Gasteiger partial charge in [-0.05, 0) is 20.8 Å². The van der Waals surface area contributed by atoms with Gasteiger partial charge in [0, 0.05) is 0 Å². The lowest BCUT2D eigenvalue weighted by Crippen LogP contribution is -2.38. The number of hydrogen-bond donors (Lipinski definition) is 1. The molecular formula is C7H14FNO2. The van der Waals surface area contributed by atoms with E-state index in [4.69, 9.17) is 10.5 Å². The number of nitrogens with two attached hydrogens (primary N) is 1. The Balaban J connectivity index is 3.88. The molecule has 1 atom stereocenters. The molecule has 11 heavy (non-hydrogen) atoms. The van der Waals surface area contributed by atoms with E-state index in [0.29, 0.717) is 0 Å². The second-order valence-electron chi connectivity index (χ2n) is 3.29. The minimum absolute atomic E-state index is 0.593. The highest BCUT2D eigenvalue weighted by Crippen LogP contribution is 2.07. The third-order valence-electron chi connectivity index (χ3n) is 0.876. The molecule has 0 bridgehead atoms. The molecule has 1 unspecified atom stereocenters. The van der Waals surface area contributed by atoms with Crippen molar-refractivity contribution in [1.29, 1.82) is 0 Å². The van der Waals surface area contributed by atoms with E-state index in [2.05, 4.69) is 0 Å². The Labute approximate surface area is 65.7 Å². The summed E-state index contributed by atoms with van der Waals surface area (Å²) >= 11 is 0. The Kier molecular flexibility index (Phi) is 3.45. The summed E-state index contributed by atoms with van der Waals surface area (Å²) in [5.74, 6) is -0.694. The minimum Gasteiger partial charge on any atom is -0.459 e. The molecule has 0 aromatic carbocycles. The molecule has 0 aromatic heterocycles. The van der Waals surface area contributed by atoms with Gasteiger partial charge in [0.05, 0.1) is 0 Å². The monoisotopic (exact) mass is 163 g/mol. The summed E-state index contributed by atoms with van der Waals surface area (Å²) < 4.78 is 16.6. The fourth-order valence-electron chi connectivity index (χ4n) is 0.440. The molecule has 0 heterocycles. The zero-order valence-corrected chi connectivity index (χ0v) is 7.06. The largest absolute Gasteiger partial charge is 0.459 e. The molecule has 0 aliphatic carbocycles. The SMILES string of the molecule is CC(C)(C)OC(=O)C(N)CF. The highest BCUT2D eigenvalue weighted by atomic mass is 19.1. The topological polar surface area (TPSA) is 52.3 Å². The van der Waals surface area contributed by atoms with Gasteiger partial charge in [-0.2, -0.15) is 0 Å². The van der Waals surface area contributed by atoms with Crippen molar-refractivity contribution in [3.63, 3.8) is 0 Å². The highest BCUT2D eigenvalue weighted by Gasteiger charge is 2.21. The maximum atomic E-state index is 11.8. The molecule has 0 amide bonds. The number of rotatable bonds is 2. The van der Waals surface area contributed by atoms with Crippen LogP contribution in [0.1, 0.15) is 20.8 Å². The van der Waals surface area contributed by atoms with Crippen LogP contribution < -0.4 is 5.73 Å². The van der Waals surface area contributed by atoms with E-state index < -0.39 is 24.3 Å². The van der Waals surface area contributed by atoms with E-state index in [1.54, 1.807) is 20.8 Å². The highest BCUT2D eigenvalue weighted by molar-refractivity contribution is 5.75. The summed E-state index contributed by atoms with van der Waals surface area (Å²) in [6.45, 7) is 4.23. The smallest absolute Gasteiger partial charge is 0.326 e. The number of carbonyl (C=O) groups excluding carboxylic acids is 1. The number of alkyl halides is 1. The molecule has 0 rings (SSSR count). The van der Waals surface area contributed by atoms with Crippen LogP contribution in [0.2, 0.25) is 0 Å². The molecule has 0 aromatic rings. The third-order valence-corrected chi connectivity index (χ3v) is 0.876. The van der Waals surface area contributed by atoms with Crippen LogP contribution in [0.25, 0.3) is 0 Å². The van der Waals surface area contributed by atoms with E-state index in [-0.39, 0.29) is 0 Å². The summed E-state index contributed by atoms with van der Waals surface area (Å²) in [6.07, 6.45) is 0. The summed E-state index contributed by atoms with van der Waals surface area (Å²) in [5, 5.41) is 0. The van der Waals surface area contributed by atoms with Crippen LogP contribution in [0.5, 0.6) is 0 Å². The van der Waals surface area contributed by atoms with Gasteiger partial charge in [-0.15, -0.1) is 0 Å². The first kappa shape index (κ1) is 10.4. The van der Waals surface area contributed by atoms with Gasteiger partial charge in [0.2, 0.25) is 0 Å². The molecule has 0 saturated carbocycles. The van der Waals surface area contributed by atoms with Gasteiger partial charge in [0.1, 0.15) is 18.3 Å². The molecule has 0 fully saturated rings. The van der Waals surface area contributed by atoms with Gasteiger partial charge >= 0.3 is 5.97 Å². The molecule has 0 aliphatic heterocycles. The number of hydrogen-bond acceptors (Lipinski definition) is 3. The fourth-order valence-corrected chi connectivity index (χ4v) is 0.440. The standard InChI is InChI=1S/C7H14FNO2/c1-7(2,3)11-6(10)5(9)4-8/h5H,4,9H2,1-3H3.